The van der Waals surface area contributed by atoms with Crippen molar-refractivity contribution < 1.29 is 10.1 Å². The second-order valence-corrected chi connectivity index (χ2v) is 9.48. The fraction of sp³-hybridized carbons (Fsp3) is 0.0400. The van der Waals surface area contributed by atoms with Crippen LogP contribution in [-0.4, -0.2) is 10.1 Å². The average molecular weight is 476 g/mol. The second-order valence-electron chi connectivity index (χ2n) is 7.19. The third-order valence-corrected chi connectivity index (χ3v) is 6.86. The van der Waals surface area contributed by atoms with Crippen LogP contribution in [0.3, 0.4) is 0 Å². The highest BCUT2D eigenvalue weighted by Gasteiger charge is 2.06. The van der Waals surface area contributed by atoms with E-state index in [2.05, 4.69) is 48.5 Å². The van der Waals surface area contributed by atoms with Crippen LogP contribution < -0.4 is 5.23 Å². The van der Waals surface area contributed by atoms with Gasteiger partial charge in [-0.05, 0) is 78.2 Å². The molecule has 4 aromatic rings. The number of hydrogen-bond acceptors (Lipinski definition) is 7. The Bertz CT molecular complexity index is 1210. The summed E-state index contributed by atoms with van der Waals surface area (Å²) in [5.74, 6) is 0. The lowest BCUT2D eigenvalue weighted by molar-refractivity contribution is -0.384. The first-order valence-electron chi connectivity index (χ1n) is 10.0. The monoisotopic (exact) mass is 475 g/mol. The van der Waals surface area contributed by atoms with Crippen molar-refractivity contribution in [3.63, 3.8) is 0 Å². The molecule has 0 unspecified atom stereocenters. The molecule has 0 atom stereocenters. The number of anilines is 1. The summed E-state index contributed by atoms with van der Waals surface area (Å²) in [5.41, 5.74) is 2.69. The minimum atomic E-state index is -0.397. The molecule has 0 spiro atoms. The number of rotatable bonds is 8. The predicted octanol–water partition coefficient (Wildman–Crippen LogP) is 7.18. The molecule has 0 aromatic heterocycles. The van der Waals surface area contributed by atoms with Crippen molar-refractivity contribution >= 4 is 34.9 Å². The van der Waals surface area contributed by atoms with Crippen molar-refractivity contribution in [3.8, 4) is 0 Å². The van der Waals surface area contributed by atoms with Crippen molar-refractivity contribution in [2.45, 2.75) is 26.0 Å². The van der Waals surface area contributed by atoms with Gasteiger partial charge in [0.2, 0.25) is 0 Å². The number of non-ortho nitro benzene ring substituents is 1. The molecule has 4 aromatic carbocycles. The van der Waals surface area contributed by atoms with E-state index in [4.69, 9.17) is 5.21 Å². The zero-order valence-electron chi connectivity index (χ0n) is 17.3. The molecule has 4 rings (SSSR count). The minimum absolute atomic E-state index is 0.0920. The van der Waals surface area contributed by atoms with E-state index in [0.29, 0.717) is 0 Å². The van der Waals surface area contributed by atoms with Crippen molar-refractivity contribution in [3.05, 3.63) is 124 Å². The molecule has 0 aliphatic carbocycles. The Hall–Kier alpha value is -3.30. The van der Waals surface area contributed by atoms with Gasteiger partial charge in [-0.1, -0.05) is 47.8 Å². The first-order chi connectivity index (χ1) is 16.0. The van der Waals surface area contributed by atoms with Crippen molar-refractivity contribution in [1.82, 2.24) is 0 Å². The summed E-state index contributed by atoms with van der Waals surface area (Å²) in [7, 11) is 0. The number of nitro benzene ring substituents is 1. The molecule has 0 saturated heterocycles. The fourth-order valence-electron chi connectivity index (χ4n) is 3.14. The maximum absolute atomic E-state index is 10.9. The maximum Gasteiger partial charge on any atom is 0.269 e. The Morgan fingerprint density at radius 1 is 0.667 bits per heavy atom. The third kappa shape index (κ3) is 6.36. The van der Waals surface area contributed by atoms with Crippen molar-refractivity contribution in [2.75, 3.05) is 5.23 Å². The number of nitrogens with zero attached hydrogens (tertiary/aromatic N) is 2. The Kier molecular flexibility index (Phi) is 7.31. The Labute approximate surface area is 199 Å². The molecule has 166 valence electrons. The van der Waals surface area contributed by atoms with Gasteiger partial charge >= 0.3 is 0 Å². The summed E-state index contributed by atoms with van der Waals surface area (Å²) >= 11 is 3.16. The summed E-state index contributed by atoms with van der Waals surface area (Å²) in [6, 6.07) is 29.9. The van der Waals surface area contributed by atoms with E-state index >= 15 is 0 Å². The molecule has 0 aliphatic rings. The zero-order valence-corrected chi connectivity index (χ0v) is 19.0. The highest BCUT2D eigenvalue weighted by molar-refractivity contribution is 7.99. The lowest BCUT2D eigenvalue weighted by Gasteiger charge is -2.21. The molecule has 0 bridgehead atoms. The molecule has 0 radical (unpaired) electrons. The molecular weight excluding hydrogens is 456 g/mol. The molecule has 33 heavy (non-hydrogen) atoms. The van der Waals surface area contributed by atoms with Gasteiger partial charge in [0, 0.05) is 31.7 Å². The van der Waals surface area contributed by atoms with E-state index in [9.17, 15) is 15.3 Å². The van der Waals surface area contributed by atoms with Crippen LogP contribution in [0.5, 0.6) is 0 Å². The standard InChI is InChI=1S/C25H19N2O4S2/c28-26(29)20-5-13-24(14-6-20)32-22-9-1-18(2-10-22)17-19-3-11-23(12-4-19)33-25-15-7-21(8-16-25)27(30)31/h1-16,28H,17H2/q-1. The predicted molar refractivity (Wildman–Crippen MR) is 131 cm³/mol. The minimum Gasteiger partial charge on any atom is -0.733 e. The van der Waals surface area contributed by atoms with Crippen molar-refractivity contribution in [1.29, 1.82) is 0 Å². The van der Waals surface area contributed by atoms with Gasteiger partial charge in [0.15, 0.2) is 0 Å². The van der Waals surface area contributed by atoms with Crippen LogP contribution in [0.1, 0.15) is 11.1 Å². The van der Waals surface area contributed by atoms with E-state index in [0.717, 1.165) is 26.0 Å². The van der Waals surface area contributed by atoms with E-state index in [-0.39, 0.29) is 16.6 Å². The van der Waals surface area contributed by atoms with Crippen LogP contribution in [0.25, 0.3) is 0 Å². The normalized spacial score (nSPS) is 10.7. The topological polar surface area (TPSA) is 89.7 Å². The van der Waals surface area contributed by atoms with Gasteiger partial charge in [-0.25, -0.2) is 0 Å². The van der Waals surface area contributed by atoms with Crippen LogP contribution in [0.2, 0.25) is 0 Å². The third-order valence-electron chi connectivity index (χ3n) is 4.83. The summed E-state index contributed by atoms with van der Waals surface area (Å²) in [4.78, 5) is 14.5. The van der Waals surface area contributed by atoms with Crippen LogP contribution in [0.4, 0.5) is 11.4 Å². The van der Waals surface area contributed by atoms with Gasteiger partial charge < -0.3 is 10.4 Å². The molecule has 0 saturated carbocycles. The highest BCUT2D eigenvalue weighted by atomic mass is 32.2. The van der Waals surface area contributed by atoms with Gasteiger partial charge in [-0.3, -0.25) is 15.3 Å². The molecule has 0 fully saturated rings. The van der Waals surface area contributed by atoms with E-state index in [1.54, 1.807) is 59.9 Å². The smallest absolute Gasteiger partial charge is 0.269 e. The van der Waals surface area contributed by atoms with E-state index in [1.165, 1.54) is 23.3 Å². The summed E-state index contributed by atoms with van der Waals surface area (Å²) in [6.45, 7) is 0. The van der Waals surface area contributed by atoms with E-state index < -0.39 is 4.92 Å². The first kappa shape index (κ1) is 22.9. The maximum atomic E-state index is 10.9. The summed E-state index contributed by atoms with van der Waals surface area (Å²) in [5, 5.41) is 30.4. The number of benzene rings is 4. The van der Waals surface area contributed by atoms with Crippen molar-refractivity contribution in [2.24, 2.45) is 0 Å². The van der Waals surface area contributed by atoms with Crippen LogP contribution >= 0.6 is 23.5 Å². The second kappa shape index (κ2) is 10.5. The summed E-state index contributed by atoms with van der Waals surface area (Å²) < 4.78 is 0. The van der Waals surface area contributed by atoms with Crippen LogP contribution in [0.15, 0.2) is 117 Å². The molecular formula is C25H19N2O4S2-. The van der Waals surface area contributed by atoms with Crippen LogP contribution in [0, 0.1) is 15.3 Å². The molecule has 0 heterocycles. The molecule has 0 aliphatic heterocycles. The van der Waals surface area contributed by atoms with Gasteiger partial charge in [0.1, 0.15) is 0 Å². The van der Waals surface area contributed by atoms with Crippen LogP contribution in [-0.2, 0) is 6.42 Å². The Balaban J connectivity index is 1.33. The SMILES string of the molecule is O=[N+]([O-])c1ccc(Sc2ccc(Cc3ccc(Sc4ccc(N([O-])O)cc4)cc3)cc2)cc1. The quantitative estimate of drug-likeness (QED) is 0.213. The largest absolute Gasteiger partial charge is 0.733 e. The molecule has 8 heteroatoms. The lowest BCUT2D eigenvalue weighted by atomic mass is 10.1. The zero-order chi connectivity index (χ0) is 23.2. The number of nitro groups is 1. The number of hydrogen-bond donors (Lipinski definition) is 1. The van der Waals surface area contributed by atoms with Gasteiger partial charge in [0.25, 0.3) is 5.69 Å². The Morgan fingerprint density at radius 2 is 1.03 bits per heavy atom. The van der Waals surface area contributed by atoms with Gasteiger partial charge in [-0.15, -0.1) is 0 Å². The molecule has 6 nitrogen and oxygen atoms in total. The molecule has 1 N–H and O–H groups in total. The summed E-state index contributed by atoms with van der Waals surface area (Å²) in [6.07, 6.45) is 0.817. The first-order valence-corrected chi connectivity index (χ1v) is 11.6. The van der Waals surface area contributed by atoms with Gasteiger partial charge in [0.05, 0.1) is 10.6 Å². The highest BCUT2D eigenvalue weighted by Crippen LogP contribution is 2.31. The molecule has 0 amide bonds. The average Bonchev–Trinajstić information content (AvgIpc) is 2.82. The Morgan fingerprint density at radius 3 is 1.39 bits per heavy atom. The fourth-order valence-corrected chi connectivity index (χ4v) is 4.77. The van der Waals surface area contributed by atoms with Gasteiger partial charge in [-0.2, -0.15) is 0 Å². The lowest BCUT2D eigenvalue weighted by Crippen LogP contribution is -2.06. The van der Waals surface area contributed by atoms with E-state index in [1.807, 2.05) is 0 Å².